The molecule has 0 aliphatic carbocycles. The maximum absolute atomic E-state index is 14.0. The summed E-state index contributed by atoms with van der Waals surface area (Å²) in [4.78, 5) is 12.0. The van der Waals surface area contributed by atoms with Crippen molar-refractivity contribution in [3.8, 4) is 22.6 Å². The third kappa shape index (κ3) is 4.17. The van der Waals surface area contributed by atoms with Gasteiger partial charge in [0.2, 0.25) is 0 Å². The molecule has 4 aromatic rings. The molecule has 0 saturated heterocycles. The third-order valence-electron chi connectivity index (χ3n) is 5.56. The number of hydrogen-bond donors (Lipinski definition) is 2. The Balaban J connectivity index is 1.97. The minimum absolute atomic E-state index is 0.0609. The van der Waals surface area contributed by atoms with Crippen LogP contribution in [0, 0.1) is 26.6 Å². The van der Waals surface area contributed by atoms with E-state index in [1.807, 2.05) is 38.1 Å². The summed E-state index contributed by atoms with van der Waals surface area (Å²) in [6.45, 7) is 5.56. The fraction of sp³-hybridized carbons (Fsp3) is 0.154. The maximum Gasteiger partial charge on any atom is 0.337 e. The highest BCUT2D eigenvalue weighted by Gasteiger charge is 2.22. The molecule has 0 atom stereocenters. The van der Waals surface area contributed by atoms with Gasteiger partial charge in [0.05, 0.1) is 29.7 Å². The molecular formula is C26H24FN3O3. The zero-order valence-corrected chi connectivity index (χ0v) is 18.8. The SMILES string of the molecule is COc1ccc(Nc2c(-c3ccc(F)c(C)c3)c(C)nn2-c2ccccc2C)c(C(=O)O)c1. The molecule has 0 aliphatic heterocycles. The summed E-state index contributed by atoms with van der Waals surface area (Å²) in [6, 6.07) is 17.5. The summed E-state index contributed by atoms with van der Waals surface area (Å²) in [5.74, 6) is -0.355. The minimum Gasteiger partial charge on any atom is -0.497 e. The predicted octanol–water partition coefficient (Wildman–Crippen LogP) is 6.05. The first-order chi connectivity index (χ1) is 15.8. The largest absolute Gasteiger partial charge is 0.497 e. The summed E-state index contributed by atoms with van der Waals surface area (Å²) < 4.78 is 20.9. The van der Waals surface area contributed by atoms with E-state index in [0.717, 1.165) is 28.1 Å². The van der Waals surface area contributed by atoms with Crippen LogP contribution in [0.5, 0.6) is 5.75 Å². The van der Waals surface area contributed by atoms with E-state index < -0.39 is 5.97 Å². The van der Waals surface area contributed by atoms with Crippen molar-refractivity contribution in [2.45, 2.75) is 20.8 Å². The van der Waals surface area contributed by atoms with Crippen LogP contribution in [0.2, 0.25) is 0 Å². The average molecular weight is 445 g/mol. The Morgan fingerprint density at radius 3 is 2.45 bits per heavy atom. The molecule has 7 heteroatoms. The summed E-state index contributed by atoms with van der Waals surface area (Å²) in [5.41, 5.74) is 5.06. The Morgan fingerprint density at radius 2 is 1.79 bits per heavy atom. The zero-order valence-electron chi connectivity index (χ0n) is 18.8. The molecule has 0 bridgehead atoms. The van der Waals surface area contributed by atoms with E-state index in [2.05, 4.69) is 5.32 Å². The maximum atomic E-state index is 14.0. The molecule has 1 aromatic heterocycles. The van der Waals surface area contributed by atoms with Gasteiger partial charge in [0.25, 0.3) is 0 Å². The van der Waals surface area contributed by atoms with Crippen LogP contribution in [0.25, 0.3) is 16.8 Å². The first-order valence-corrected chi connectivity index (χ1v) is 10.4. The number of rotatable bonds is 6. The number of methoxy groups -OCH3 is 1. The molecule has 3 aromatic carbocycles. The smallest absolute Gasteiger partial charge is 0.337 e. The monoisotopic (exact) mass is 445 g/mol. The van der Waals surface area contributed by atoms with Gasteiger partial charge in [-0.2, -0.15) is 5.10 Å². The predicted molar refractivity (Wildman–Crippen MR) is 126 cm³/mol. The number of anilines is 2. The van der Waals surface area contributed by atoms with E-state index in [0.29, 0.717) is 22.8 Å². The van der Waals surface area contributed by atoms with E-state index in [-0.39, 0.29) is 11.4 Å². The van der Waals surface area contributed by atoms with E-state index >= 15 is 0 Å². The van der Waals surface area contributed by atoms with Gasteiger partial charge in [0.15, 0.2) is 0 Å². The number of hydrogen-bond acceptors (Lipinski definition) is 4. The molecule has 0 aliphatic rings. The number of aryl methyl sites for hydroxylation is 3. The quantitative estimate of drug-likeness (QED) is 0.378. The van der Waals surface area contributed by atoms with Gasteiger partial charge < -0.3 is 15.2 Å². The van der Waals surface area contributed by atoms with Crippen LogP contribution in [0.3, 0.4) is 0 Å². The van der Waals surface area contributed by atoms with Gasteiger partial charge in [-0.3, -0.25) is 0 Å². The number of nitrogens with one attached hydrogen (secondary N) is 1. The van der Waals surface area contributed by atoms with Crippen LogP contribution in [0.4, 0.5) is 15.9 Å². The van der Waals surface area contributed by atoms with E-state index in [4.69, 9.17) is 9.84 Å². The molecular weight excluding hydrogens is 421 g/mol. The van der Waals surface area contributed by atoms with Crippen LogP contribution in [0.15, 0.2) is 60.7 Å². The highest BCUT2D eigenvalue weighted by atomic mass is 19.1. The number of aromatic carboxylic acids is 1. The van der Waals surface area contributed by atoms with Crippen LogP contribution in [0.1, 0.15) is 27.2 Å². The van der Waals surface area contributed by atoms with Crippen molar-refractivity contribution in [1.29, 1.82) is 0 Å². The van der Waals surface area contributed by atoms with Gasteiger partial charge in [-0.1, -0.05) is 24.3 Å². The molecule has 0 saturated carbocycles. The summed E-state index contributed by atoms with van der Waals surface area (Å²) >= 11 is 0. The molecule has 0 amide bonds. The van der Waals surface area contributed by atoms with Crippen molar-refractivity contribution < 1.29 is 19.0 Å². The second-order valence-electron chi connectivity index (χ2n) is 7.81. The Kier molecular flexibility index (Phi) is 5.87. The van der Waals surface area contributed by atoms with E-state index in [9.17, 15) is 14.3 Å². The van der Waals surface area contributed by atoms with Crippen molar-refractivity contribution in [3.05, 3.63) is 88.9 Å². The number of nitrogens with zero attached hydrogens (tertiary/aromatic N) is 2. The van der Waals surface area contributed by atoms with Gasteiger partial charge in [-0.05, 0) is 73.9 Å². The Morgan fingerprint density at radius 1 is 1.03 bits per heavy atom. The Labute approximate surface area is 191 Å². The molecule has 6 nitrogen and oxygen atoms in total. The standard InChI is InChI=1S/C26H24FN3O3/c1-15-7-5-6-8-23(15)30-25(28-22-12-10-19(33-4)14-20(22)26(31)32)24(17(3)29-30)18-9-11-21(27)16(2)13-18/h5-14,28H,1-4H3,(H,31,32). The average Bonchev–Trinajstić information content (AvgIpc) is 3.11. The number of ether oxygens (including phenoxy) is 1. The fourth-order valence-electron chi connectivity index (χ4n) is 3.83. The van der Waals surface area contributed by atoms with Crippen molar-refractivity contribution in [2.75, 3.05) is 12.4 Å². The number of para-hydroxylation sites is 1. The van der Waals surface area contributed by atoms with Gasteiger partial charge in [0.1, 0.15) is 17.4 Å². The topological polar surface area (TPSA) is 76.4 Å². The molecule has 2 N–H and O–H groups in total. The lowest BCUT2D eigenvalue weighted by Crippen LogP contribution is -2.08. The minimum atomic E-state index is -1.09. The Bertz CT molecular complexity index is 1360. The molecule has 0 fully saturated rings. The van der Waals surface area contributed by atoms with Crippen molar-refractivity contribution in [1.82, 2.24) is 9.78 Å². The number of carboxylic acid groups (broad SMARTS) is 1. The molecule has 33 heavy (non-hydrogen) atoms. The van der Waals surface area contributed by atoms with E-state index in [1.54, 1.807) is 35.9 Å². The molecule has 0 radical (unpaired) electrons. The first kappa shape index (κ1) is 22.1. The fourth-order valence-corrected chi connectivity index (χ4v) is 3.83. The first-order valence-electron chi connectivity index (χ1n) is 10.4. The van der Waals surface area contributed by atoms with Crippen LogP contribution >= 0.6 is 0 Å². The van der Waals surface area contributed by atoms with Gasteiger partial charge >= 0.3 is 5.97 Å². The van der Waals surface area contributed by atoms with Crippen LogP contribution < -0.4 is 10.1 Å². The molecule has 4 rings (SSSR count). The zero-order chi connectivity index (χ0) is 23.7. The molecule has 1 heterocycles. The summed E-state index contributed by atoms with van der Waals surface area (Å²) in [7, 11) is 1.49. The third-order valence-corrected chi connectivity index (χ3v) is 5.56. The van der Waals surface area contributed by atoms with Crippen molar-refractivity contribution in [2.24, 2.45) is 0 Å². The number of benzene rings is 3. The van der Waals surface area contributed by atoms with Gasteiger partial charge in [-0.25, -0.2) is 13.9 Å². The number of carboxylic acids is 1. The van der Waals surface area contributed by atoms with Crippen molar-refractivity contribution in [3.63, 3.8) is 0 Å². The highest BCUT2D eigenvalue weighted by Crippen LogP contribution is 2.37. The normalized spacial score (nSPS) is 10.8. The number of aromatic nitrogens is 2. The Hall–Kier alpha value is -4.13. The molecule has 0 spiro atoms. The van der Waals surface area contributed by atoms with Crippen LogP contribution in [-0.4, -0.2) is 28.0 Å². The summed E-state index contributed by atoms with van der Waals surface area (Å²) in [6.07, 6.45) is 0. The van der Waals surface area contributed by atoms with Gasteiger partial charge in [0, 0.05) is 5.56 Å². The number of carbonyl (C=O) groups is 1. The molecule has 168 valence electrons. The second kappa shape index (κ2) is 8.78. The van der Waals surface area contributed by atoms with Gasteiger partial charge in [-0.15, -0.1) is 0 Å². The number of halogens is 1. The van der Waals surface area contributed by atoms with Crippen molar-refractivity contribution >= 4 is 17.5 Å². The lowest BCUT2D eigenvalue weighted by molar-refractivity contribution is 0.0697. The summed E-state index contributed by atoms with van der Waals surface area (Å²) in [5, 5.41) is 17.8. The molecule has 0 unspecified atom stereocenters. The lowest BCUT2D eigenvalue weighted by Gasteiger charge is -2.16. The van der Waals surface area contributed by atoms with E-state index in [1.165, 1.54) is 19.2 Å². The highest BCUT2D eigenvalue weighted by molar-refractivity contribution is 5.96. The second-order valence-corrected chi connectivity index (χ2v) is 7.81. The van der Waals surface area contributed by atoms with Crippen LogP contribution in [-0.2, 0) is 0 Å². The lowest BCUT2D eigenvalue weighted by atomic mass is 10.0.